The highest BCUT2D eigenvalue weighted by Crippen LogP contribution is 2.37. The van der Waals surface area contributed by atoms with Crippen LogP contribution >= 0.6 is 11.8 Å². The van der Waals surface area contributed by atoms with E-state index in [1.165, 1.54) is 17.9 Å². The van der Waals surface area contributed by atoms with Gasteiger partial charge in [-0.15, -0.1) is 0 Å². The molecule has 3 aliphatic rings. The molecule has 4 rings (SSSR count). The highest BCUT2D eigenvalue weighted by atomic mass is 32.2. The van der Waals surface area contributed by atoms with Crippen LogP contribution in [0.4, 0.5) is 11.4 Å². The van der Waals surface area contributed by atoms with E-state index in [0.29, 0.717) is 0 Å². The zero-order chi connectivity index (χ0) is 14.3. The molecule has 1 aromatic rings. The van der Waals surface area contributed by atoms with Gasteiger partial charge in [0.15, 0.2) is 0 Å². The van der Waals surface area contributed by atoms with E-state index in [0.717, 1.165) is 43.3 Å². The Labute approximate surface area is 129 Å². The Balaban J connectivity index is 1.50. The molecule has 112 valence electrons. The fraction of sp³-hybridized carbons (Fsp3) is 0.562. The number of nitrogens with one attached hydrogen (secondary N) is 2. The van der Waals surface area contributed by atoms with E-state index in [4.69, 9.17) is 0 Å². The molecule has 1 atom stereocenters. The van der Waals surface area contributed by atoms with Crippen molar-refractivity contribution in [3.8, 4) is 0 Å². The first-order valence-electron chi connectivity index (χ1n) is 7.77. The fourth-order valence-electron chi connectivity index (χ4n) is 3.69. The lowest BCUT2D eigenvalue weighted by atomic mass is 9.84. The molecule has 2 N–H and O–H groups in total. The number of amides is 1. The third-order valence-corrected chi connectivity index (χ3v) is 6.20. The average Bonchev–Trinajstić information content (AvgIpc) is 3.04. The molecule has 0 saturated carbocycles. The van der Waals surface area contributed by atoms with Gasteiger partial charge >= 0.3 is 0 Å². The number of para-hydroxylation sites is 2. The van der Waals surface area contributed by atoms with E-state index in [1.54, 1.807) is 0 Å². The molecule has 2 fully saturated rings. The molecule has 0 radical (unpaired) electrons. The minimum atomic E-state index is -0.406. The maximum absolute atomic E-state index is 12.6. The summed E-state index contributed by atoms with van der Waals surface area (Å²) in [5.74, 6) is 2.69. The monoisotopic (exact) mass is 303 g/mol. The Morgan fingerprint density at radius 2 is 1.95 bits per heavy atom. The topological polar surface area (TPSA) is 44.4 Å². The standard InChI is InChI=1S/C16H21N3OS/c20-15-16(18-14-4-2-1-3-13(14)17-15)6-8-19(9-7-16)12-5-10-21-11-12/h1-4,12,18H,5-11H2,(H,17,20). The minimum Gasteiger partial charge on any atom is -0.369 e. The minimum absolute atomic E-state index is 0.140. The van der Waals surface area contributed by atoms with Crippen molar-refractivity contribution in [2.45, 2.75) is 30.8 Å². The number of thioether (sulfide) groups is 1. The molecule has 0 aliphatic carbocycles. The van der Waals surface area contributed by atoms with Crippen LogP contribution in [0.25, 0.3) is 0 Å². The molecule has 3 aliphatic heterocycles. The first-order chi connectivity index (χ1) is 10.3. The predicted molar refractivity (Wildman–Crippen MR) is 88.0 cm³/mol. The van der Waals surface area contributed by atoms with E-state index in [1.807, 2.05) is 18.2 Å². The number of fused-ring (bicyclic) bond motifs is 1. The second-order valence-corrected chi connectivity index (χ2v) is 7.41. The molecule has 1 unspecified atom stereocenters. The Morgan fingerprint density at radius 3 is 2.67 bits per heavy atom. The van der Waals surface area contributed by atoms with Crippen LogP contribution in [0.15, 0.2) is 24.3 Å². The molecule has 4 nitrogen and oxygen atoms in total. The summed E-state index contributed by atoms with van der Waals surface area (Å²) in [5.41, 5.74) is 1.56. The highest BCUT2D eigenvalue weighted by molar-refractivity contribution is 7.99. The molecular formula is C16H21N3OS. The lowest BCUT2D eigenvalue weighted by molar-refractivity contribution is -0.122. The Hall–Kier alpha value is -1.20. The van der Waals surface area contributed by atoms with Gasteiger partial charge in [-0.3, -0.25) is 9.69 Å². The van der Waals surface area contributed by atoms with Gasteiger partial charge in [0.25, 0.3) is 0 Å². The van der Waals surface area contributed by atoms with E-state index >= 15 is 0 Å². The lowest BCUT2D eigenvalue weighted by Crippen LogP contribution is -2.59. The summed E-state index contributed by atoms with van der Waals surface area (Å²) in [6.45, 7) is 2.04. The van der Waals surface area contributed by atoms with Crippen LogP contribution in [-0.2, 0) is 4.79 Å². The molecule has 0 bridgehead atoms. The first kappa shape index (κ1) is 13.5. The molecule has 1 aromatic carbocycles. The van der Waals surface area contributed by atoms with Crippen molar-refractivity contribution in [2.75, 3.05) is 35.2 Å². The van der Waals surface area contributed by atoms with Crippen LogP contribution in [0.1, 0.15) is 19.3 Å². The highest BCUT2D eigenvalue weighted by Gasteiger charge is 2.45. The van der Waals surface area contributed by atoms with Crippen LogP contribution < -0.4 is 10.6 Å². The lowest BCUT2D eigenvalue weighted by Gasteiger charge is -2.45. The van der Waals surface area contributed by atoms with Crippen molar-refractivity contribution >= 4 is 29.0 Å². The summed E-state index contributed by atoms with van der Waals surface area (Å²) < 4.78 is 0. The number of anilines is 2. The van der Waals surface area contributed by atoms with Gasteiger partial charge in [-0.25, -0.2) is 0 Å². The summed E-state index contributed by atoms with van der Waals surface area (Å²) in [5, 5.41) is 6.61. The summed E-state index contributed by atoms with van der Waals surface area (Å²) >= 11 is 2.06. The van der Waals surface area contributed by atoms with Crippen molar-refractivity contribution < 1.29 is 4.79 Å². The molecule has 2 saturated heterocycles. The Morgan fingerprint density at radius 1 is 1.19 bits per heavy atom. The number of carbonyl (C=O) groups is 1. The van der Waals surface area contributed by atoms with Gasteiger partial charge in [-0.05, 0) is 37.1 Å². The van der Waals surface area contributed by atoms with Gasteiger partial charge in [0.1, 0.15) is 5.54 Å². The van der Waals surface area contributed by atoms with Crippen LogP contribution in [0.5, 0.6) is 0 Å². The van der Waals surface area contributed by atoms with Crippen molar-refractivity contribution in [3.63, 3.8) is 0 Å². The van der Waals surface area contributed by atoms with Crippen molar-refractivity contribution in [2.24, 2.45) is 0 Å². The average molecular weight is 303 g/mol. The maximum atomic E-state index is 12.6. The van der Waals surface area contributed by atoms with Crippen LogP contribution in [-0.4, -0.2) is 47.0 Å². The second kappa shape index (κ2) is 5.21. The van der Waals surface area contributed by atoms with Gasteiger partial charge in [0.05, 0.1) is 11.4 Å². The zero-order valence-electron chi connectivity index (χ0n) is 12.1. The molecule has 0 aromatic heterocycles. The molecule has 1 spiro atoms. The third kappa shape index (κ3) is 2.32. The molecule has 5 heteroatoms. The number of likely N-dealkylation sites (tertiary alicyclic amines) is 1. The summed E-state index contributed by atoms with van der Waals surface area (Å²) in [6, 6.07) is 8.71. The van der Waals surface area contributed by atoms with Crippen LogP contribution in [0.3, 0.4) is 0 Å². The smallest absolute Gasteiger partial charge is 0.250 e. The number of piperidine rings is 1. The zero-order valence-corrected chi connectivity index (χ0v) is 12.9. The number of nitrogens with zero attached hydrogens (tertiary/aromatic N) is 1. The normalized spacial score (nSPS) is 28.0. The summed E-state index contributed by atoms with van der Waals surface area (Å²) in [6.07, 6.45) is 3.10. The quantitative estimate of drug-likeness (QED) is 0.836. The number of benzene rings is 1. The predicted octanol–water partition coefficient (Wildman–Crippen LogP) is 2.39. The van der Waals surface area contributed by atoms with Gasteiger partial charge in [-0.2, -0.15) is 11.8 Å². The van der Waals surface area contributed by atoms with Crippen molar-refractivity contribution in [3.05, 3.63) is 24.3 Å². The molecule has 3 heterocycles. The van der Waals surface area contributed by atoms with Crippen molar-refractivity contribution in [1.82, 2.24) is 4.90 Å². The largest absolute Gasteiger partial charge is 0.369 e. The summed E-state index contributed by atoms with van der Waals surface area (Å²) in [4.78, 5) is 15.1. The van der Waals surface area contributed by atoms with Gasteiger partial charge in [0, 0.05) is 24.9 Å². The molecular weight excluding hydrogens is 282 g/mol. The SMILES string of the molecule is O=C1Nc2ccccc2NC12CCN(C1CCSC1)CC2. The first-order valence-corrected chi connectivity index (χ1v) is 8.93. The van der Waals surface area contributed by atoms with E-state index in [2.05, 4.69) is 33.4 Å². The van der Waals surface area contributed by atoms with E-state index in [-0.39, 0.29) is 5.91 Å². The second-order valence-electron chi connectivity index (χ2n) is 6.26. The van der Waals surface area contributed by atoms with E-state index < -0.39 is 5.54 Å². The Bertz CT molecular complexity index is 548. The van der Waals surface area contributed by atoms with Gasteiger partial charge in [-0.1, -0.05) is 12.1 Å². The van der Waals surface area contributed by atoms with E-state index in [9.17, 15) is 4.79 Å². The van der Waals surface area contributed by atoms with Gasteiger partial charge < -0.3 is 10.6 Å². The molecule has 1 amide bonds. The number of carbonyl (C=O) groups excluding carboxylic acids is 1. The summed E-state index contributed by atoms with van der Waals surface area (Å²) in [7, 11) is 0. The number of hydrogen-bond acceptors (Lipinski definition) is 4. The van der Waals surface area contributed by atoms with Gasteiger partial charge in [0.2, 0.25) is 5.91 Å². The maximum Gasteiger partial charge on any atom is 0.250 e. The van der Waals surface area contributed by atoms with Crippen LogP contribution in [0, 0.1) is 0 Å². The number of rotatable bonds is 1. The van der Waals surface area contributed by atoms with Crippen LogP contribution in [0.2, 0.25) is 0 Å². The number of hydrogen-bond donors (Lipinski definition) is 2. The molecule has 21 heavy (non-hydrogen) atoms. The fourth-order valence-corrected chi connectivity index (χ4v) is 4.95. The Kier molecular flexibility index (Phi) is 3.34. The van der Waals surface area contributed by atoms with Crippen molar-refractivity contribution in [1.29, 1.82) is 0 Å². The third-order valence-electron chi connectivity index (χ3n) is 5.06.